The van der Waals surface area contributed by atoms with E-state index >= 15 is 0 Å². The molecule has 148 valence electrons. The number of amides is 1. The van der Waals surface area contributed by atoms with Gasteiger partial charge in [0.05, 0.1) is 16.7 Å². The highest BCUT2D eigenvalue weighted by Crippen LogP contribution is 2.27. The van der Waals surface area contributed by atoms with Crippen LogP contribution in [-0.2, 0) is 19.6 Å². The van der Waals surface area contributed by atoms with Gasteiger partial charge >= 0.3 is 5.97 Å². The lowest BCUT2D eigenvalue weighted by molar-refractivity contribution is -0.146. The van der Waals surface area contributed by atoms with E-state index in [0.29, 0.717) is 25.1 Å². The molecule has 0 saturated carbocycles. The van der Waals surface area contributed by atoms with Gasteiger partial charge in [0.15, 0.2) is 0 Å². The predicted octanol–water partition coefficient (Wildman–Crippen LogP) is 2.71. The van der Waals surface area contributed by atoms with E-state index < -0.39 is 27.8 Å². The zero-order chi connectivity index (χ0) is 20.0. The van der Waals surface area contributed by atoms with Crippen LogP contribution in [0, 0.1) is 11.8 Å². The standard InChI is InChI=1S/C19H26N2O5S/c1-3-4-13-21(2)27(25,26)15-11-9-14(10-12-15)20-18(22)16-7-5-6-8-17(16)19(23)24/h5-6,9-12,16-17H,3-4,7-8,13H2,1-2H3,(H,20,22)(H,23,24)/t16-,17+/m0/s1. The first-order valence-electron chi connectivity index (χ1n) is 9.02. The largest absolute Gasteiger partial charge is 0.481 e. The summed E-state index contributed by atoms with van der Waals surface area (Å²) in [5.74, 6) is -2.75. The lowest BCUT2D eigenvalue weighted by atomic mass is 9.82. The fourth-order valence-electron chi connectivity index (χ4n) is 3.00. The summed E-state index contributed by atoms with van der Waals surface area (Å²) in [6, 6.07) is 5.94. The van der Waals surface area contributed by atoms with Crippen molar-refractivity contribution < 1.29 is 23.1 Å². The van der Waals surface area contributed by atoms with E-state index in [-0.39, 0.29) is 10.8 Å². The summed E-state index contributed by atoms with van der Waals surface area (Å²) in [5.41, 5.74) is 0.439. The minimum absolute atomic E-state index is 0.156. The Hall–Kier alpha value is -2.19. The molecular weight excluding hydrogens is 368 g/mol. The van der Waals surface area contributed by atoms with Gasteiger partial charge in [0.2, 0.25) is 15.9 Å². The molecule has 8 heteroatoms. The number of anilines is 1. The van der Waals surface area contributed by atoms with Crippen LogP contribution in [0.15, 0.2) is 41.3 Å². The van der Waals surface area contributed by atoms with Crippen LogP contribution in [0.25, 0.3) is 0 Å². The summed E-state index contributed by atoms with van der Waals surface area (Å²) in [6.45, 7) is 2.44. The Labute approximate surface area is 160 Å². The van der Waals surface area contributed by atoms with Gasteiger partial charge in [-0.3, -0.25) is 9.59 Å². The van der Waals surface area contributed by atoms with Crippen molar-refractivity contribution in [2.45, 2.75) is 37.5 Å². The van der Waals surface area contributed by atoms with Crippen LogP contribution in [0.5, 0.6) is 0 Å². The van der Waals surface area contributed by atoms with E-state index in [1.807, 2.05) is 13.0 Å². The zero-order valence-corrected chi connectivity index (χ0v) is 16.4. The maximum atomic E-state index is 12.5. The van der Waals surface area contributed by atoms with Crippen molar-refractivity contribution in [1.29, 1.82) is 0 Å². The molecule has 2 N–H and O–H groups in total. The molecule has 7 nitrogen and oxygen atoms in total. The number of carboxylic acid groups (broad SMARTS) is 1. The van der Waals surface area contributed by atoms with Crippen LogP contribution in [-0.4, -0.2) is 43.3 Å². The second-order valence-corrected chi connectivity index (χ2v) is 8.73. The lowest BCUT2D eigenvalue weighted by Gasteiger charge is -2.24. The third-order valence-electron chi connectivity index (χ3n) is 4.74. The molecule has 0 bridgehead atoms. The summed E-state index contributed by atoms with van der Waals surface area (Å²) in [5, 5.41) is 12.0. The fourth-order valence-corrected chi connectivity index (χ4v) is 4.21. The minimum Gasteiger partial charge on any atom is -0.481 e. The van der Waals surface area contributed by atoms with Gasteiger partial charge < -0.3 is 10.4 Å². The molecular formula is C19H26N2O5S. The quantitative estimate of drug-likeness (QED) is 0.660. The number of nitrogens with zero attached hydrogens (tertiary/aromatic N) is 1. The highest BCUT2D eigenvalue weighted by atomic mass is 32.2. The van der Waals surface area contributed by atoms with Gasteiger partial charge in [0.1, 0.15) is 0 Å². The highest BCUT2D eigenvalue weighted by Gasteiger charge is 2.34. The molecule has 0 radical (unpaired) electrons. The maximum Gasteiger partial charge on any atom is 0.307 e. The van der Waals surface area contributed by atoms with Crippen molar-refractivity contribution in [3.05, 3.63) is 36.4 Å². The Morgan fingerprint density at radius 2 is 1.74 bits per heavy atom. The first-order valence-corrected chi connectivity index (χ1v) is 10.5. The number of unbranched alkanes of at least 4 members (excludes halogenated alkanes) is 1. The average Bonchev–Trinajstić information content (AvgIpc) is 2.66. The van der Waals surface area contributed by atoms with Crippen molar-refractivity contribution in [1.82, 2.24) is 4.31 Å². The molecule has 27 heavy (non-hydrogen) atoms. The first kappa shape index (κ1) is 21.1. The summed E-state index contributed by atoms with van der Waals surface area (Å²) in [7, 11) is -2.02. The number of sulfonamides is 1. The van der Waals surface area contributed by atoms with Gasteiger partial charge in [-0.05, 0) is 43.5 Å². The van der Waals surface area contributed by atoms with Crippen molar-refractivity contribution in [3.8, 4) is 0 Å². The summed E-state index contributed by atoms with van der Waals surface area (Å²) >= 11 is 0. The van der Waals surface area contributed by atoms with Crippen LogP contribution in [0.1, 0.15) is 32.6 Å². The SMILES string of the molecule is CCCCN(C)S(=O)(=O)c1ccc(NC(=O)[C@H]2CC=CC[C@H]2C(=O)O)cc1. The third-order valence-corrected chi connectivity index (χ3v) is 6.61. The maximum absolute atomic E-state index is 12.5. The molecule has 1 aromatic carbocycles. The molecule has 0 heterocycles. The second-order valence-electron chi connectivity index (χ2n) is 6.69. The Morgan fingerprint density at radius 1 is 1.15 bits per heavy atom. The number of benzene rings is 1. The van der Waals surface area contributed by atoms with Crippen molar-refractivity contribution in [2.24, 2.45) is 11.8 Å². The van der Waals surface area contributed by atoms with Gasteiger partial charge in [-0.1, -0.05) is 25.5 Å². The molecule has 2 atom stereocenters. The van der Waals surface area contributed by atoms with Gasteiger partial charge in [0.25, 0.3) is 0 Å². The first-order chi connectivity index (χ1) is 12.8. The number of carbonyl (C=O) groups is 2. The van der Waals surface area contributed by atoms with Crippen molar-refractivity contribution >= 4 is 27.6 Å². The van der Waals surface area contributed by atoms with E-state index in [1.54, 1.807) is 13.1 Å². The van der Waals surface area contributed by atoms with Gasteiger partial charge in [-0.15, -0.1) is 0 Å². The van der Waals surface area contributed by atoms with E-state index in [4.69, 9.17) is 0 Å². The van der Waals surface area contributed by atoms with Gasteiger partial charge in [-0.2, -0.15) is 0 Å². The number of carbonyl (C=O) groups excluding carboxylic acids is 1. The van der Waals surface area contributed by atoms with Gasteiger partial charge in [-0.25, -0.2) is 12.7 Å². The normalized spacial score (nSPS) is 19.8. The van der Waals surface area contributed by atoms with E-state index in [2.05, 4.69) is 5.32 Å². The topological polar surface area (TPSA) is 104 Å². The Kier molecular flexibility index (Phi) is 7.15. The van der Waals surface area contributed by atoms with Crippen LogP contribution < -0.4 is 5.32 Å². The Balaban J connectivity index is 2.08. The highest BCUT2D eigenvalue weighted by molar-refractivity contribution is 7.89. The number of hydrogen-bond acceptors (Lipinski definition) is 4. The molecule has 1 amide bonds. The number of rotatable bonds is 8. The van der Waals surface area contributed by atoms with Crippen molar-refractivity contribution in [2.75, 3.05) is 18.9 Å². The van der Waals surface area contributed by atoms with Crippen LogP contribution in [0.3, 0.4) is 0 Å². The molecule has 0 aromatic heterocycles. The van der Waals surface area contributed by atoms with E-state index in [1.165, 1.54) is 28.6 Å². The molecule has 1 aliphatic carbocycles. The molecule has 0 spiro atoms. The van der Waals surface area contributed by atoms with Crippen LogP contribution >= 0.6 is 0 Å². The number of aliphatic carboxylic acids is 1. The number of carboxylic acids is 1. The van der Waals surface area contributed by atoms with Crippen molar-refractivity contribution in [3.63, 3.8) is 0 Å². The Morgan fingerprint density at radius 3 is 2.30 bits per heavy atom. The van der Waals surface area contributed by atoms with Gasteiger partial charge in [0, 0.05) is 19.3 Å². The average molecular weight is 394 g/mol. The van der Waals surface area contributed by atoms with E-state index in [0.717, 1.165) is 12.8 Å². The summed E-state index contributed by atoms with van der Waals surface area (Å²) in [4.78, 5) is 23.9. The zero-order valence-electron chi connectivity index (χ0n) is 15.6. The molecule has 0 unspecified atom stereocenters. The molecule has 0 fully saturated rings. The number of hydrogen-bond donors (Lipinski definition) is 2. The summed E-state index contributed by atoms with van der Waals surface area (Å²) < 4.78 is 26.3. The monoisotopic (exact) mass is 394 g/mol. The number of nitrogens with one attached hydrogen (secondary N) is 1. The number of allylic oxidation sites excluding steroid dienone is 2. The Bertz CT molecular complexity index is 802. The smallest absolute Gasteiger partial charge is 0.307 e. The predicted molar refractivity (Wildman–Crippen MR) is 103 cm³/mol. The fraction of sp³-hybridized carbons (Fsp3) is 0.474. The molecule has 0 aliphatic heterocycles. The second kappa shape index (κ2) is 9.14. The summed E-state index contributed by atoms with van der Waals surface area (Å²) in [6.07, 6.45) is 5.97. The molecule has 1 aromatic rings. The third kappa shape index (κ3) is 5.17. The molecule has 0 saturated heterocycles. The van der Waals surface area contributed by atoms with Crippen LogP contribution in [0.2, 0.25) is 0 Å². The molecule has 2 rings (SSSR count). The van der Waals surface area contributed by atoms with Crippen LogP contribution in [0.4, 0.5) is 5.69 Å². The van der Waals surface area contributed by atoms with E-state index in [9.17, 15) is 23.1 Å². The molecule has 1 aliphatic rings. The minimum atomic E-state index is -3.56. The lowest BCUT2D eigenvalue weighted by Crippen LogP contribution is -2.34.